The van der Waals surface area contributed by atoms with Crippen molar-refractivity contribution in [2.75, 3.05) is 26.2 Å². The van der Waals surface area contributed by atoms with Crippen molar-refractivity contribution in [2.45, 2.75) is 93.9 Å². The van der Waals surface area contributed by atoms with Crippen molar-refractivity contribution in [3.05, 3.63) is 122 Å². The molecule has 65 heavy (non-hydrogen) atoms. The van der Waals surface area contributed by atoms with Gasteiger partial charge in [0.05, 0.1) is 17.8 Å². The number of Topliss-reactive ketones (excluding diaryl/α,β-unsaturated/α-hetero) is 2. The summed E-state index contributed by atoms with van der Waals surface area (Å²) in [5.74, 6) is -0.589. The third kappa shape index (κ3) is 10.8. The molecule has 2 heterocycles. The molecule has 12 unspecified atom stereocenters. The molecule has 5 aliphatic rings. The van der Waals surface area contributed by atoms with E-state index in [1.807, 2.05) is 45.1 Å². The Labute approximate surface area is 392 Å². The SMILES string of the molecule is C=CC1C(=C(C)C)C(C=C)C(C(=O)CCC)C1C(C)=O.C=CC1C(=C(CCC)CCC)C(C=C)C2C(=O)N(CCN)C(=C)C12.C=CC1C(=CC(C)C)C(C=C)C2C(=O)N(CCN)C(=O)C12. The van der Waals surface area contributed by atoms with E-state index in [0.717, 1.165) is 54.5 Å². The van der Waals surface area contributed by atoms with Gasteiger partial charge in [0.15, 0.2) is 0 Å². The molecule has 5 rings (SSSR count). The molecule has 0 radical (unpaired) electrons. The predicted molar refractivity (Wildman–Crippen MR) is 267 cm³/mol. The summed E-state index contributed by atoms with van der Waals surface area (Å²) in [4.78, 5) is 65.9. The number of nitrogens with zero attached hydrogens (tertiary/aromatic N) is 2. The van der Waals surface area contributed by atoms with Gasteiger partial charge in [0.2, 0.25) is 17.7 Å². The number of nitrogens with two attached hydrogens (primary N) is 2. The average molecular weight is 891 g/mol. The summed E-state index contributed by atoms with van der Waals surface area (Å²) < 4.78 is 0. The van der Waals surface area contributed by atoms with Gasteiger partial charge in [-0.25, -0.2) is 0 Å². The van der Waals surface area contributed by atoms with Crippen LogP contribution in [0.3, 0.4) is 0 Å². The lowest BCUT2D eigenvalue weighted by atomic mass is 9.80. The topological polar surface area (TPSA) is 144 Å². The fourth-order valence-corrected chi connectivity index (χ4v) is 12.0. The fraction of sp³-hybridized carbons (Fsp3) is 0.554. The molecule has 4 N–H and O–H groups in total. The van der Waals surface area contributed by atoms with Crippen molar-refractivity contribution in [3.8, 4) is 0 Å². The Hall–Kier alpha value is -4.73. The third-order valence-electron chi connectivity index (χ3n) is 14.3. The van der Waals surface area contributed by atoms with E-state index >= 15 is 0 Å². The molecular formula is C56H82N4O5. The third-order valence-corrected chi connectivity index (χ3v) is 14.3. The Bertz CT molecular complexity index is 1880. The smallest absolute Gasteiger partial charge is 0.234 e. The molecule has 3 aliphatic carbocycles. The van der Waals surface area contributed by atoms with Crippen LogP contribution in [-0.2, 0) is 24.0 Å². The Morgan fingerprint density at radius 1 is 0.585 bits per heavy atom. The second-order valence-electron chi connectivity index (χ2n) is 18.9. The van der Waals surface area contributed by atoms with Gasteiger partial charge in [-0.3, -0.25) is 28.9 Å². The van der Waals surface area contributed by atoms with Crippen molar-refractivity contribution in [2.24, 2.45) is 88.4 Å². The Morgan fingerprint density at radius 3 is 1.37 bits per heavy atom. The number of carbonyl (C=O) groups excluding carboxylic acids is 5. The van der Waals surface area contributed by atoms with E-state index < -0.39 is 0 Å². The van der Waals surface area contributed by atoms with Gasteiger partial charge in [0, 0.05) is 91.6 Å². The normalized spacial score (nSPS) is 30.0. The molecule has 3 saturated carbocycles. The van der Waals surface area contributed by atoms with Crippen LogP contribution in [0.2, 0.25) is 0 Å². The van der Waals surface area contributed by atoms with Gasteiger partial charge in [-0.15, -0.1) is 39.5 Å². The van der Waals surface area contributed by atoms with Gasteiger partial charge in [-0.2, -0.15) is 0 Å². The van der Waals surface area contributed by atoms with Crippen molar-refractivity contribution >= 4 is 29.3 Å². The van der Waals surface area contributed by atoms with Gasteiger partial charge in [-0.05, 0) is 46.0 Å². The highest BCUT2D eigenvalue weighted by atomic mass is 16.2. The minimum Gasteiger partial charge on any atom is -0.329 e. The summed E-state index contributed by atoms with van der Waals surface area (Å²) in [7, 11) is 0. The van der Waals surface area contributed by atoms with Crippen LogP contribution in [0, 0.1) is 76.9 Å². The van der Waals surface area contributed by atoms with Crippen LogP contribution in [0.1, 0.15) is 93.9 Å². The molecule has 0 aromatic heterocycles. The zero-order chi connectivity index (χ0) is 49.0. The molecule has 0 aromatic carbocycles. The number of hydrogen-bond acceptors (Lipinski definition) is 7. The van der Waals surface area contributed by atoms with Crippen molar-refractivity contribution in [1.29, 1.82) is 0 Å². The Kier molecular flexibility index (Phi) is 20.7. The van der Waals surface area contributed by atoms with Crippen molar-refractivity contribution in [3.63, 3.8) is 0 Å². The lowest BCUT2D eigenvalue weighted by molar-refractivity contribution is -0.140. The van der Waals surface area contributed by atoms with E-state index in [9.17, 15) is 24.0 Å². The minimum absolute atomic E-state index is 0.0315. The van der Waals surface area contributed by atoms with E-state index in [1.165, 1.54) is 16.0 Å². The summed E-state index contributed by atoms with van der Waals surface area (Å²) in [5.41, 5.74) is 18.4. The quantitative estimate of drug-likeness (QED) is 0.0971. The molecule has 9 nitrogen and oxygen atoms in total. The monoisotopic (exact) mass is 891 g/mol. The molecule has 5 fully saturated rings. The number of likely N-dealkylation sites (tertiary alicyclic amines) is 2. The molecule has 0 bridgehead atoms. The first-order chi connectivity index (χ1) is 30.9. The van der Waals surface area contributed by atoms with Gasteiger partial charge in [0.1, 0.15) is 11.6 Å². The number of hydrogen-bond donors (Lipinski definition) is 2. The molecule has 2 aliphatic heterocycles. The van der Waals surface area contributed by atoms with Crippen LogP contribution < -0.4 is 11.5 Å². The van der Waals surface area contributed by atoms with Gasteiger partial charge in [0.25, 0.3) is 0 Å². The molecule has 2 saturated heterocycles. The number of fused-ring (bicyclic) bond motifs is 2. The van der Waals surface area contributed by atoms with Crippen LogP contribution >= 0.6 is 0 Å². The Balaban J connectivity index is 0.000000260. The van der Waals surface area contributed by atoms with Crippen molar-refractivity contribution < 1.29 is 24.0 Å². The van der Waals surface area contributed by atoms with Crippen molar-refractivity contribution in [1.82, 2.24) is 9.80 Å². The first-order valence-electron chi connectivity index (χ1n) is 24.1. The number of carbonyl (C=O) groups is 5. The molecular weight excluding hydrogens is 809 g/mol. The average Bonchev–Trinajstić information content (AvgIpc) is 4.01. The highest BCUT2D eigenvalue weighted by Crippen LogP contribution is 2.57. The van der Waals surface area contributed by atoms with Gasteiger partial charge >= 0.3 is 0 Å². The fourth-order valence-electron chi connectivity index (χ4n) is 12.0. The molecule has 3 amide bonds. The van der Waals surface area contributed by atoms with Crippen LogP contribution in [0.4, 0.5) is 0 Å². The summed E-state index contributed by atoms with van der Waals surface area (Å²) >= 11 is 0. The highest BCUT2D eigenvalue weighted by Gasteiger charge is 2.59. The van der Waals surface area contributed by atoms with E-state index in [2.05, 4.69) is 79.8 Å². The van der Waals surface area contributed by atoms with Crippen LogP contribution in [0.5, 0.6) is 0 Å². The maximum atomic E-state index is 13.0. The second kappa shape index (κ2) is 24.7. The molecule has 0 spiro atoms. The van der Waals surface area contributed by atoms with Crippen LogP contribution in [-0.4, -0.2) is 65.3 Å². The minimum atomic E-state index is -0.338. The predicted octanol–water partition coefficient (Wildman–Crippen LogP) is 9.93. The summed E-state index contributed by atoms with van der Waals surface area (Å²) in [6.07, 6.45) is 19.1. The van der Waals surface area contributed by atoms with Gasteiger partial charge < -0.3 is 16.4 Å². The number of amides is 3. The molecule has 9 heteroatoms. The number of allylic oxidation sites excluding steroid dienone is 13. The largest absolute Gasteiger partial charge is 0.329 e. The van der Waals surface area contributed by atoms with E-state index in [0.29, 0.717) is 38.5 Å². The van der Waals surface area contributed by atoms with E-state index in [-0.39, 0.29) is 100 Å². The summed E-state index contributed by atoms with van der Waals surface area (Å²) in [6.45, 7) is 45.8. The lowest BCUT2D eigenvalue weighted by Crippen LogP contribution is -2.37. The zero-order valence-electron chi connectivity index (χ0n) is 41.2. The van der Waals surface area contributed by atoms with E-state index in [4.69, 9.17) is 11.5 Å². The van der Waals surface area contributed by atoms with Crippen LogP contribution in [0.25, 0.3) is 0 Å². The molecule has 0 aromatic rings. The molecule has 356 valence electrons. The van der Waals surface area contributed by atoms with Gasteiger partial charge in [-0.1, -0.05) is 124 Å². The first-order valence-corrected chi connectivity index (χ1v) is 24.1. The second-order valence-corrected chi connectivity index (χ2v) is 18.9. The standard InChI is InChI=1S/C21H32N2O.C18H26O2.C17H24N2O2/c1-6-10-15(11-7-2)19-16(8-3)18-14(5)23(13-12-22)21(24)20(18)17(19)9-4;1-7-10-15(20)18-14(9-3)16(11(4)5)13(8-2)17(18)12(6)19;1-5-11-13(9-10(3)4)12(6-2)15-14(11)16(20)19(8-7-18)17(15)21/h8-9,16-18,20H,3-7,10-13,22H2,1-2H3;8-9,13-14,17-18H,2-3,7,10H2,1,4-6H3;5-6,9-12,14-15H,1-2,7-8,18H2,3-4H3. The Morgan fingerprint density at radius 2 is 0.985 bits per heavy atom. The highest BCUT2D eigenvalue weighted by molar-refractivity contribution is 6.07. The van der Waals surface area contributed by atoms with Crippen LogP contribution in [0.15, 0.2) is 122 Å². The summed E-state index contributed by atoms with van der Waals surface area (Å²) in [5, 5.41) is 0. The molecule has 12 atom stereocenters. The number of rotatable bonds is 19. The van der Waals surface area contributed by atoms with E-state index in [1.54, 1.807) is 24.0 Å². The zero-order valence-corrected chi connectivity index (χ0v) is 41.2. The first kappa shape index (κ1) is 54.6. The summed E-state index contributed by atoms with van der Waals surface area (Å²) in [6, 6.07) is 0. The number of ketones is 2. The number of imide groups is 1. The maximum Gasteiger partial charge on any atom is 0.234 e. The maximum absolute atomic E-state index is 13.0. The lowest BCUT2D eigenvalue weighted by Gasteiger charge is -2.26.